The molecule has 24 heavy (non-hydrogen) atoms. The highest BCUT2D eigenvalue weighted by atomic mass is 16.3. The molecule has 0 amide bonds. The van der Waals surface area contributed by atoms with E-state index in [-0.39, 0.29) is 6.61 Å². The first-order chi connectivity index (χ1) is 11.8. The lowest BCUT2D eigenvalue weighted by molar-refractivity contribution is 0.282. The molecular formula is C21H16N2O. The Balaban J connectivity index is 1.97. The summed E-state index contributed by atoms with van der Waals surface area (Å²) >= 11 is 0. The Morgan fingerprint density at radius 1 is 0.583 bits per heavy atom. The van der Waals surface area contributed by atoms with E-state index < -0.39 is 0 Å². The second-order valence-corrected chi connectivity index (χ2v) is 5.63. The summed E-state index contributed by atoms with van der Waals surface area (Å²) in [7, 11) is 0. The van der Waals surface area contributed by atoms with Gasteiger partial charge < -0.3 is 5.11 Å². The highest BCUT2D eigenvalue weighted by molar-refractivity contribution is 5.86. The van der Waals surface area contributed by atoms with Crippen LogP contribution in [-0.4, -0.2) is 15.1 Å². The zero-order valence-electron chi connectivity index (χ0n) is 13.1. The van der Waals surface area contributed by atoms with Gasteiger partial charge in [0.25, 0.3) is 0 Å². The van der Waals surface area contributed by atoms with Gasteiger partial charge in [-0.1, -0.05) is 66.7 Å². The number of aromatic nitrogens is 2. The van der Waals surface area contributed by atoms with Crippen molar-refractivity contribution >= 4 is 11.0 Å². The Hall–Kier alpha value is -3.04. The first kappa shape index (κ1) is 14.5. The Bertz CT molecular complexity index is 980. The van der Waals surface area contributed by atoms with E-state index in [0.717, 1.165) is 39.1 Å². The molecule has 1 heterocycles. The SMILES string of the molecule is OCc1ccc(-c2nc3ccccc3nc2-c2ccccc2)cc1. The maximum absolute atomic E-state index is 9.25. The van der Waals surface area contributed by atoms with Crippen molar-refractivity contribution in [2.24, 2.45) is 0 Å². The summed E-state index contributed by atoms with van der Waals surface area (Å²) in [6, 6.07) is 25.8. The third kappa shape index (κ3) is 2.66. The summed E-state index contributed by atoms with van der Waals surface area (Å²) in [5.74, 6) is 0. The van der Waals surface area contributed by atoms with Gasteiger partial charge in [0.05, 0.1) is 29.0 Å². The van der Waals surface area contributed by atoms with Crippen LogP contribution < -0.4 is 0 Å². The second-order valence-electron chi connectivity index (χ2n) is 5.63. The maximum Gasteiger partial charge on any atom is 0.0973 e. The monoisotopic (exact) mass is 312 g/mol. The summed E-state index contributed by atoms with van der Waals surface area (Å²) < 4.78 is 0. The van der Waals surface area contributed by atoms with E-state index in [0.29, 0.717) is 0 Å². The van der Waals surface area contributed by atoms with E-state index >= 15 is 0 Å². The number of hydrogen-bond donors (Lipinski definition) is 1. The highest BCUT2D eigenvalue weighted by Crippen LogP contribution is 2.30. The van der Waals surface area contributed by atoms with E-state index in [1.54, 1.807) is 0 Å². The van der Waals surface area contributed by atoms with Gasteiger partial charge >= 0.3 is 0 Å². The first-order valence-electron chi connectivity index (χ1n) is 7.87. The number of fused-ring (bicyclic) bond motifs is 1. The fourth-order valence-electron chi connectivity index (χ4n) is 2.77. The van der Waals surface area contributed by atoms with Crippen molar-refractivity contribution in [3.63, 3.8) is 0 Å². The van der Waals surface area contributed by atoms with Crippen LogP contribution in [-0.2, 0) is 6.61 Å². The fraction of sp³-hybridized carbons (Fsp3) is 0.0476. The van der Waals surface area contributed by atoms with Crippen LogP contribution in [0, 0.1) is 0 Å². The van der Waals surface area contributed by atoms with E-state index in [4.69, 9.17) is 9.97 Å². The minimum atomic E-state index is 0.0369. The molecule has 0 unspecified atom stereocenters. The lowest BCUT2D eigenvalue weighted by Gasteiger charge is -2.11. The van der Waals surface area contributed by atoms with Crippen molar-refractivity contribution in [3.8, 4) is 22.5 Å². The van der Waals surface area contributed by atoms with E-state index in [1.807, 2.05) is 78.9 Å². The maximum atomic E-state index is 9.25. The van der Waals surface area contributed by atoms with Crippen LogP contribution in [0.1, 0.15) is 5.56 Å². The summed E-state index contributed by atoms with van der Waals surface area (Å²) in [4.78, 5) is 9.70. The van der Waals surface area contributed by atoms with E-state index in [9.17, 15) is 5.11 Å². The molecule has 0 radical (unpaired) electrons. The Kier molecular flexibility index (Phi) is 3.77. The predicted molar refractivity (Wildman–Crippen MR) is 96.3 cm³/mol. The van der Waals surface area contributed by atoms with Crippen LogP contribution in [0.4, 0.5) is 0 Å². The van der Waals surface area contributed by atoms with Gasteiger partial charge in [-0.3, -0.25) is 0 Å². The molecule has 3 aromatic carbocycles. The summed E-state index contributed by atoms with van der Waals surface area (Å²) in [5.41, 5.74) is 6.39. The van der Waals surface area contributed by atoms with Gasteiger partial charge in [-0.15, -0.1) is 0 Å². The van der Waals surface area contributed by atoms with Crippen LogP contribution in [0.5, 0.6) is 0 Å². The highest BCUT2D eigenvalue weighted by Gasteiger charge is 2.12. The number of aliphatic hydroxyl groups excluding tert-OH is 1. The Labute approximate surface area is 140 Å². The number of benzene rings is 3. The molecule has 0 atom stereocenters. The Morgan fingerprint density at radius 2 is 1.08 bits per heavy atom. The van der Waals surface area contributed by atoms with Gasteiger partial charge in [0.2, 0.25) is 0 Å². The van der Waals surface area contributed by atoms with Gasteiger partial charge in [-0.05, 0) is 17.7 Å². The molecule has 3 nitrogen and oxygen atoms in total. The molecule has 4 aromatic rings. The van der Waals surface area contributed by atoms with Crippen molar-refractivity contribution in [2.75, 3.05) is 0 Å². The van der Waals surface area contributed by atoms with Crippen LogP contribution in [0.15, 0.2) is 78.9 Å². The summed E-state index contributed by atoms with van der Waals surface area (Å²) in [6.07, 6.45) is 0. The van der Waals surface area contributed by atoms with E-state index in [1.165, 1.54) is 0 Å². The van der Waals surface area contributed by atoms with Crippen LogP contribution in [0.3, 0.4) is 0 Å². The smallest absolute Gasteiger partial charge is 0.0973 e. The molecule has 4 rings (SSSR count). The Morgan fingerprint density at radius 3 is 1.62 bits per heavy atom. The molecule has 1 N–H and O–H groups in total. The van der Waals surface area contributed by atoms with Crippen molar-refractivity contribution in [3.05, 3.63) is 84.4 Å². The largest absolute Gasteiger partial charge is 0.392 e. The van der Waals surface area contributed by atoms with Gasteiger partial charge in [0.1, 0.15) is 0 Å². The molecular weight excluding hydrogens is 296 g/mol. The summed E-state index contributed by atoms with van der Waals surface area (Å²) in [6.45, 7) is 0.0369. The number of para-hydroxylation sites is 2. The number of rotatable bonds is 3. The molecule has 0 saturated carbocycles. The standard InChI is InChI=1S/C21H16N2O/c24-14-15-10-12-17(13-11-15)21-20(16-6-2-1-3-7-16)22-18-8-4-5-9-19(18)23-21/h1-13,24H,14H2. The zero-order chi connectivity index (χ0) is 16.4. The summed E-state index contributed by atoms with van der Waals surface area (Å²) in [5, 5.41) is 9.25. The lowest BCUT2D eigenvalue weighted by atomic mass is 10.0. The molecule has 116 valence electrons. The van der Waals surface area contributed by atoms with Crippen molar-refractivity contribution in [1.29, 1.82) is 0 Å². The molecule has 0 aliphatic heterocycles. The predicted octanol–water partition coefficient (Wildman–Crippen LogP) is 4.46. The topological polar surface area (TPSA) is 46.0 Å². The van der Waals surface area contributed by atoms with Gasteiger partial charge in [-0.25, -0.2) is 9.97 Å². The average Bonchev–Trinajstić information content (AvgIpc) is 2.68. The molecule has 0 spiro atoms. The molecule has 0 aliphatic rings. The average molecular weight is 312 g/mol. The lowest BCUT2D eigenvalue weighted by Crippen LogP contribution is -1.95. The molecule has 0 bridgehead atoms. The molecule has 0 fully saturated rings. The number of hydrogen-bond acceptors (Lipinski definition) is 3. The number of nitrogens with zero attached hydrogens (tertiary/aromatic N) is 2. The fourth-order valence-corrected chi connectivity index (χ4v) is 2.77. The van der Waals surface area contributed by atoms with Gasteiger partial charge in [-0.2, -0.15) is 0 Å². The van der Waals surface area contributed by atoms with E-state index in [2.05, 4.69) is 0 Å². The van der Waals surface area contributed by atoms with Crippen molar-refractivity contribution in [1.82, 2.24) is 9.97 Å². The van der Waals surface area contributed by atoms with Crippen molar-refractivity contribution in [2.45, 2.75) is 6.61 Å². The van der Waals surface area contributed by atoms with Crippen LogP contribution in [0.25, 0.3) is 33.5 Å². The van der Waals surface area contributed by atoms with Crippen LogP contribution >= 0.6 is 0 Å². The first-order valence-corrected chi connectivity index (χ1v) is 7.87. The third-order valence-corrected chi connectivity index (χ3v) is 4.03. The zero-order valence-corrected chi connectivity index (χ0v) is 13.1. The molecule has 1 aromatic heterocycles. The minimum absolute atomic E-state index is 0.0369. The quantitative estimate of drug-likeness (QED) is 0.607. The molecule has 3 heteroatoms. The molecule has 0 saturated heterocycles. The number of aliphatic hydroxyl groups is 1. The second kappa shape index (κ2) is 6.22. The third-order valence-electron chi connectivity index (χ3n) is 4.03. The minimum Gasteiger partial charge on any atom is -0.392 e. The van der Waals surface area contributed by atoms with Gasteiger partial charge in [0, 0.05) is 11.1 Å². The van der Waals surface area contributed by atoms with Crippen molar-refractivity contribution < 1.29 is 5.11 Å². The van der Waals surface area contributed by atoms with Gasteiger partial charge in [0.15, 0.2) is 0 Å². The normalized spacial score (nSPS) is 10.9. The van der Waals surface area contributed by atoms with Crippen LogP contribution in [0.2, 0.25) is 0 Å². The molecule has 0 aliphatic carbocycles.